The van der Waals surface area contributed by atoms with Crippen molar-refractivity contribution in [2.75, 3.05) is 0 Å². The molecule has 0 N–H and O–H groups in total. The molecular formula is C50H33N3O. The highest BCUT2D eigenvalue weighted by Gasteiger charge is 2.21. The summed E-state index contributed by atoms with van der Waals surface area (Å²) in [6.07, 6.45) is 0. The van der Waals surface area contributed by atoms with Crippen molar-refractivity contribution in [1.29, 1.82) is 0 Å². The number of furan rings is 1. The average molecular weight is 692 g/mol. The van der Waals surface area contributed by atoms with Crippen molar-refractivity contribution in [1.82, 2.24) is 15.0 Å². The van der Waals surface area contributed by atoms with Crippen molar-refractivity contribution in [2.24, 2.45) is 0 Å². The van der Waals surface area contributed by atoms with E-state index in [0.717, 1.165) is 66.1 Å². The van der Waals surface area contributed by atoms with Gasteiger partial charge in [-0.05, 0) is 63.2 Å². The average Bonchev–Trinajstić information content (AvgIpc) is 3.63. The van der Waals surface area contributed by atoms with E-state index in [-0.39, 0.29) is 0 Å². The topological polar surface area (TPSA) is 51.8 Å². The third-order valence-electron chi connectivity index (χ3n) is 10.2. The molecule has 0 unspecified atom stereocenters. The van der Waals surface area contributed by atoms with Gasteiger partial charge in [-0.1, -0.05) is 175 Å². The normalized spacial score (nSPS) is 11.4. The zero-order valence-corrected chi connectivity index (χ0v) is 29.6. The molecule has 0 radical (unpaired) electrons. The van der Waals surface area contributed by atoms with Crippen LogP contribution in [0.5, 0.6) is 0 Å². The molecule has 0 amide bonds. The lowest BCUT2D eigenvalue weighted by atomic mass is 9.94. The van der Waals surface area contributed by atoms with Crippen molar-refractivity contribution in [3.63, 3.8) is 0 Å². The Morgan fingerprint density at radius 1 is 0.333 bits per heavy atom. The zero-order valence-electron chi connectivity index (χ0n) is 29.6. The number of nitrogens with zero attached hydrogens (tertiary/aromatic N) is 3. The van der Waals surface area contributed by atoms with E-state index < -0.39 is 0 Å². The molecule has 254 valence electrons. The molecule has 2 heterocycles. The van der Waals surface area contributed by atoms with E-state index in [9.17, 15) is 0 Å². The first-order chi connectivity index (χ1) is 26.7. The zero-order chi connectivity index (χ0) is 36.0. The molecule has 4 heteroatoms. The summed E-state index contributed by atoms with van der Waals surface area (Å²) in [4.78, 5) is 15.3. The Labute approximate surface area is 313 Å². The molecule has 0 saturated carbocycles. The second-order valence-corrected chi connectivity index (χ2v) is 13.7. The second-order valence-electron chi connectivity index (χ2n) is 13.7. The van der Waals surface area contributed by atoms with Crippen LogP contribution in [0.2, 0.25) is 0 Å². The molecule has 2 aromatic heterocycles. The third kappa shape index (κ3) is 5.62. The van der Waals surface area contributed by atoms with Gasteiger partial charge in [-0.2, -0.15) is 0 Å². The van der Waals surface area contributed by atoms with E-state index in [0.29, 0.717) is 17.5 Å². The number of hydrogen-bond acceptors (Lipinski definition) is 4. The smallest absolute Gasteiger partial charge is 0.164 e. The minimum absolute atomic E-state index is 0.594. The highest BCUT2D eigenvalue weighted by molar-refractivity contribution is 6.25. The fraction of sp³-hybridized carbons (Fsp3) is 0.0200. The highest BCUT2D eigenvalue weighted by atomic mass is 16.3. The molecule has 0 aliphatic heterocycles. The van der Waals surface area contributed by atoms with Crippen molar-refractivity contribution in [3.8, 4) is 67.5 Å². The van der Waals surface area contributed by atoms with Crippen molar-refractivity contribution in [2.45, 2.75) is 6.92 Å². The van der Waals surface area contributed by atoms with Crippen LogP contribution in [0.25, 0.3) is 100 Å². The number of hydrogen-bond donors (Lipinski definition) is 0. The van der Waals surface area contributed by atoms with Gasteiger partial charge in [-0.15, -0.1) is 0 Å². The Balaban J connectivity index is 1.14. The van der Waals surface area contributed by atoms with E-state index >= 15 is 0 Å². The molecule has 0 bridgehead atoms. The van der Waals surface area contributed by atoms with Gasteiger partial charge in [-0.25, -0.2) is 15.0 Å². The van der Waals surface area contributed by atoms with Gasteiger partial charge in [0.25, 0.3) is 0 Å². The van der Waals surface area contributed by atoms with Crippen molar-refractivity contribution in [3.05, 3.63) is 188 Å². The standard InChI is InChI=1S/C50H33N3O/c1-32-12-10-17-39(30-32)35-24-28-38(29-25-35)49-51-48(37-15-6-3-7-16-37)52-50(53-49)43-31-45-47(42-19-9-8-18-41(42)43)46-40(20-11-21-44(46)54-45)36-26-22-34(23-27-36)33-13-4-2-5-14-33/h2-31H,1H3. The minimum atomic E-state index is 0.594. The van der Waals surface area contributed by atoms with Gasteiger partial charge in [0.1, 0.15) is 11.2 Å². The van der Waals surface area contributed by atoms with Gasteiger partial charge < -0.3 is 4.42 Å². The molecule has 10 rings (SSSR count). The Morgan fingerprint density at radius 3 is 1.56 bits per heavy atom. The van der Waals surface area contributed by atoms with Gasteiger partial charge in [0.2, 0.25) is 0 Å². The lowest BCUT2D eigenvalue weighted by Gasteiger charge is -2.12. The van der Waals surface area contributed by atoms with Crippen LogP contribution >= 0.6 is 0 Å². The van der Waals surface area contributed by atoms with Gasteiger partial charge in [0.05, 0.1) is 0 Å². The lowest BCUT2D eigenvalue weighted by Crippen LogP contribution is -2.00. The maximum atomic E-state index is 6.70. The molecule has 8 aromatic carbocycles. The molecule has 0 spiro atoms. The van der Waals surface area contributed by atoms with Gasteiger partial charge in [0, 0.05) is 27.5 Å². The Kier molecular flexibility index (Phi) is 7.66. The predicted octanol–water partition coefficient (Wildman–Crippen LogP) is 13.2. The van der Waals surface area contributed by atoms with Gasteiger partial charge in [0.15, 0.2) is 17.5 Å². The Morgan fingerprint density at radius 2 is 0.852 bits per heavy atom. The first-order valence-corrected chi connectivity index (χ1v) is 18.2. The minimum Gasteiger partial charge on any atom is -0.456 e. The van der Waals surface area contributed by atoms with E-state index in [1.54, 1.807) is 0 Å². The van der Waals surface area contributed by atoms with Crippen LogP contribution in [0, 0.1) is 6.92 Å². The van der Waals surface area contributed by atoms with Crippen LogP contribution < -0.4 is 0 Å². The monoisotopic (exact) mass is 691 g/mol. The van der Waals surface area contributed by atoms with Crippen LogP contribution in [0.4, 0.5) is 0 Å². The van der Waals surface area contributed by atoms with E-state index in [4.69, 9.17) is 19.4 Å². The SMILES string of the molecule is Cc1cccc(-c2ccc(-c3nc(-c4ccccc4)nc(-c4cc5oc6cccc(-c7ccc(-c8ccccc8)cc7)c6c5c5ccccc45)n3)cc2)c1. The number of aromatic nitrogens is 3. The summed E-state index contributed by atoms with van der Waals surface area (Å²) in [6, 6.07) is 63.3. The summed E-state index contributed by atoms with van der Waals surface area (Å²) in [7, 11) is 0. The molecule has 0 saturated heterocycles. The summed E-state index contributed by atoms with van der Waals surface area (Å²) in [5, 5.41) is 4.31. The number of rotatable bonds is 6. The van der Waals surface area contributed by atoms with E-state index in [2.05, 4.69) is 153 Å². The van der Waals surface area contributed by atoms with Gasteiger partial charge >= 0.3 is 0 Å². The quantitative estimate of drug-likeness (QED) is 0.174. The Bertz CT molecular complexity index is 2970. The van der Waals surface area contributed by atoms with Crippen LogP contribution in [-0.4, -0.2) is 15.0 Å². The van der Waals surface area contributed by atoms with Crippen molar-refractivity contribution >= 4 is 32.7 Å². The summed E-state index contributed by atoms with van der Waals surface area (Å²) in [5.74, 6) is 1.83. The Hall–Kier alpha value is -7.17. The highest BCUT2D eigenvalue weighted by Crippen LogP contribution is 2.43. The van der Waals surface area contributed by atoms with Crippen LogP contribution in [-0.2, 0) is 0 Å². The number of benzene rings is 8. The molecule has 54 heavy (non-hydrogen) atoms. The first-order valence-electron chi connectivity index (χ1n) is 18.2. The molecule has 0 aliphatic carbocycles. The lowest BCUT2D eigenvalue weighted by molar-refractivity contribution is 0.669. The van der Waals surface area contributed by atoms with E-state index in [1.165, 1.54) is 22.3 Å². The molecule has 0 fully saturated rings. The number of aryl methyl sites for hydroxylation is 1. The van der Waals surface area contributed by atoms with Gasteiger partial charge in [-0.3, -0.25) is 0 Å². The third-order valence-corrected chi connectivity index (χ3v) is 10.2. The summed E-state index contributed by atoms with van der Waals surface area (Å²) in [5.41, 5.74) is 12.6. The van der Waals surface area contributed by atoms with Crippen LogP contribution in [0.3, 0.4) is 0 Å². The molecule has 0 aliphatic rings. The molecule has 10 aromatic rings. The maximum absolute atomic E-state index is 6.70. The maximum Gasteiger partial charge on any atom is 0.164 e. The van der Waals surface area contributed by atoms with Crippen LogP contribution in [0.1, 0.15) is 5.56 Å². The summed E-state index contributed by atoms with van der Waals surface area (Å²) >= 11 is 0. The van der Waals surface area contributed by atoms with Crippen molar-refractivity contribution < 1.29 is 4.42 Å². The largest absolute Gasteiger partial charge is 0.456 e. The summed E-state index contributed by atoms with van der Waals surface area (Å²) < 4.78 is 6.70. The first kappa shape index (κ1) is 31.6. The number of fused-ring (bicyclic) bond motifs is 5. The second kappa shape index (κ2) is 13.1. The fourth-order valence-electron chi connectivity index (χ4n) is 7.56. The summed E-state index contributed by atoms with van der Waals surface area (Å²) in [6.45, 7) is 2.12. The predicted molar refractivity (Wildman–Crippen MR) is 222 cm³/mol. The fourth-order valence-corrected chi connectivity index (χ4v) is 7.56. The molecule has 4 nitrogen and oxygen atoms in total. The van der Waals surface area contributed by atoms with Crippen LogP contribution in [0.15, 0.2) is 186 Å². The molecular weight excluding hydrogens is 659 g/mol. The van der Waals surface area contributed by atoms with E-state index in [1.807, 2.05) is 36.4 Å². The molecule has 0 atom stereocenters.